The minimum Gasteiger partial charge on any atom is -0.493 e. The van der Waals surface area contributed by atoms with Crippen LogP contribution in [0.4, 0.5) is 5.69 Å². The van der Waals surface area contributed by atoms with Crippen molar-refractivity contribution < 1.29 is 19.1 Å². The summed E-state index contributed by atoms with van der Waals surface area (Å²) in [5, 5.41) is 3.14. The molecule has 1 aliphatic heterocycles. The SMILES string of the molecule is COc1cc2c(cc1OC)[C@@H](NC(=O)[C@H]1CC(=O)N(c3ccccc3)C1)CC2. The molecule has 6 heteroatoms. The Morgan fingerprint density at radius 2 is 1.82 bits per heavy atom. The number of anilines is 1. The maximum atomic E-state index is 12.9. The van der Waals surface area contributed by atoms with E-state index >= 15 is 0 Å². The summed E-state index contributed by atoms with van der Waals surface area (Å²) in [4.78, 5) is 27.0. The molecule has 2 aliphatic rings. The number of carbonyl (C=O) groups is 2. The highest BCUT2D eigenvalue weighted by atomic mass is 16.5. The molecule has 4 rings (SSSR count). The van der Waals surface area contributed by atoms with Gasteiger partial charge < -0.3 is 19.7 Å². The smallest absolute Gasteiger partial charge is 0.227 e. The van der Waals surface area contributed by atoms with Crippen molar-refractivity contribution in [2.24, 2.45) is 5.92 Å². The van der Waals surface area contributed by atoms with Crippen LogP contribution in [0.25, 0.3) is 0 Å². The van der Waals surface area contributed by atoms with Gasteiger partial charge in [0.2, 0.25) is 11.8 Å². The van der Waals surface area contributed by atoms with Gasteiger partial charge in [-0.25, -0.2) is 0 Å². The zero-order valence-corrected chi connectivity index (χ0v) is 16.1. The topological polar surface area (TPSA) is 67.9 Å². The van der Waals surface area contributed by atoms with E-state index in [-0.39, 0.29) is 30.2 Å². The van der Waals surface area contributed by atoms with Gasteiger partial charge in [-0.15, -0.1) is 0 Å². The van der Waals surface area contributed by atoms with Gasteiger partial charge in [0.1, 0.15) is 0 Å². The Kier molecular flexibility index (Phi) is 4.94. The molecule has 1 N–H and O–H groups in total. The fourth-order valence-corrected chi connectivity index (χ4v) is 4.11. The zero-order valence-electron chi connectivity index (χ0n) is 16.1. The first-order valence-corrected chi connectivity index (χ1v) is 9.51. The predicted octanol–water partition coefficient (Wildman–Crippen LogP) is 2.86. The van der Waals surface area contributed by atoms with Crippen molar-refractivity contribution in [1.82, 2.24) is 5.32 Å². The molecule has 0 unspecified atom stereocenters. The summed E-state index contributed by atoms with van der Waals surface area (Å²) < 4.78 is 10.8. The monoisotopic (exact) mass is 380 g/mol. The van der Waals surface area contributed by atoms with Gasteiger partial charge >= 0.3 is 0 Å². The summed E-state index contributed by atoms with van der Waals surface area (Å²) in [5.41, 5.74) is 3.07. The Morgan fingerprint density at radius 1 is 1.11 bits per heavy atom. The summed E-state index contributed by atoms with van der Waals surface area (Å²) >= 11 is 0. The molecule has 1 heterocycles. The van der Waals surface area contributed by atoms with Crippen LogP contribution in [0, 0.1) is 5.92 Å². The van der Waals surface area contributed by atoms with E-state index in [1.54, 1.807) is 19.1 Å². The molecule has 0 radical (unpaired) electrons. The number of aryl methyl sites for hydroxylation is 1. The molecular weight excluding hydrogens is 356 g/mol. The van der Waals surface area contributed by atoms with E-state index < -0.39 is 0 Å². The second-order valence-corrected chi connectivity index (χ2v) is 7.25. The molecule has 146 valence electrons. The Labute approximate surface area is 164 Å². The molecular formula is C22H24N2O4. The van der Waals surface area contributed by atoms with E-state index in [2.05, 4.69) is 5.32 Å². The number of amides is 2. The Balaban J connectivity index is 1.47. The van der Waals surface area contributed by atoms with Crippen molar-refractivity contribution in [3.05, 3.63) is 53.6 Å². The number of ether oxygens (including phenoxy) is 2. The molecule has 1 aliphatic carbocycles. The van der Waals surface area contributed by atoms with Gasteiger partial charge in [-0.3, -0.25) is 9.59 Å². The van der Waals surface area contributed by atoms with Gasteiger partial charge in [0, 0.05) is 18.7 Å². The van der Waals surface area contributed by atoms with E-state index in [0.29, 0.717) is 18.0 Å². The van der Waals surface area contributed by atoms with Crippen molar-refractivity contribution in [1.29, 1.82) is 0 Å². The summed E-state index contributed by atoms with van der Waals surface area (Å²) in [7, 11) is 3.23. The first kappa shape index (κ1) is 18.3. The van der Waals surface area contributed by atoms with Crippen LogP contribution in [0.2, 0.25) is 0 Å². The quantitative estimate of drug-likeness (QED) is 0.866. The van der Waals surface area contributed by atoms with E-state index in [4.69, 9.17) is 9.47 Å². The first-order chi connectivity index (χ1) is 13.6. The van der Waals surface area contributed by atoms with Crippen LogP contribution in [-0.2, 0) is 16.0 Å². The molecule has 1 fully saturated rings. The summed E-state index contributed by atoms with van der Waals surface area (Å²) in [5.74, 6) is 0.947. The van der Waals surface area contributed by atoms with Crippen LogP contribution in [0.5, 0.6) is 11.5 Å². The second kappa shape index (κ2) is 7.54. The highest BCUT2D eigenvalue weighted by molar-refractivity contribution is 6.00. The fraction of sp³-hybridized carbons (Fsp3) is 0.364. The van der Waals surface area contributed by atoms with Gasteiger partial charge in [-0.1, -0.05) is 18.2 Å². The minimum absolute atomic E-state index is 0.00965. The number of rotatable bonds is 5. The maximum absolute atomic E-state index is 12.9. The zero-order chi connectivity index (χ0) is 19.7. The van der Waals surface area contributed by atoms with Gasteiger partial charge in [0.15, 0.2) is 11.5 Å². The number of hydrogen-bond acceptors (Lipinski definition) is 4. The van der Waals surface area contributed by atoms with Gasteiger partial charge in [-0.05, 0) is 48.2 Å². The van der Waals surface area contributed by atoms with Crippen molar-refractivity contribution in [3.8, 4) is 11.5 Å². The van der Waals surface area contributed by atoms with Crippen molar-refractivity contribution in [2.75, 3.05) is 25.7 Å². The Hall–Kier alpha value is -3.02. The van der Waals surface area contributed by atoms with Crippen LogP contribution in [0.1, 0.15) is 30.0 Å². The lowest BCUT2D eigenvalue weighted by molar-refractivity contribution is -0.127. The number of nitrogens with zero attached hydrogens (tertiary/aromatic N) is 1. The van der Waals surface area contributed by atoms with E-state index in [0.717, 1.165) is 29.7 Å². The number of benzene rings is 2. The van der Waals surface area contributed by atoms with Gasteiger partial charge in [0.05, 0.1) is 26.2 Å². The van der Waals surface area contributed by atoms with Crippen LogP contribution in [-0.4, -0.2) is 32.6 Å². The lowest BCUT2D eigenvalue weighted by Crippen LogP contribution is -2.34. The average molecular weight is 380 g/mol. The normalized spacial score (nSPS) is 20.8. The molecule has 2 atom stereocenters. The third kappa shape index (κ3) is 3.30. The van der Waals surface area contributed by atoms with Crippen LogP contribution >= 0.6 is 0 Å². The van der Waals surface area contributed by atoms with Crippen molar-refractivity contribution >= 4 is 17.5 Å². The fourth-order valence-electron chi connectivity index (χ4n) is 4.11. The molecule has 2 aromatic rings. The van der Waals surface area contributed by atoms with Crippen LogP contribution in [0.15, 0.2) is 42.5 Å². The van der Waals surface area contributed by atoms with E-state index in [1.165, 1.54) is 0 Å². The number of fused-ring (bicyclic) bond motifs is 1. The third-order valence-electron chi connectivity index (χ3n) is 5.60. The molecule has 1 saturated heterocycles. The van der Waals surface area contributed by atoms with Crippen LogP contribution in [0.3, 0.4) is 0 Å². The lowest BCUT2D eigenvalue weighted by atomic mass is 10.0. The Morgan fingerprint density at radius 3 is 2.54 bits per heavy atom. The molecule has 0 saturated carbocycles. The number of para-hydroxylation sites is 1. The van der Waals surface area contributed by atoms with Crippen LogP contribution < -0.4 is 19.7 Å². The number of nitrogens with one attached hydrogen (secondary N) is 1. The molecule has 0 bridgehead atoms. The predicted molar refractivity (Wildman–Crippen MR) is 106 cm³/mol. The van der Waals surface area contributed by atoms with Crippen molar-refractivity contribution in [2.45, 2.75) is 25.3 Å². The number of methoxy groups -OCH3 is 2. The molecule has 2 amide bonds. The lowest BCUT2D eigenvalue weighted by Gasteiger charge is -2.19. The largest absolute Gasteiger partial charge is 0.493 e. The highest BCUT2D eigenvalue weighted by Crippen LogP contribution is 2.39. The standard InChI is InChI=1S/C22H24N2O4/c1-27-19-10-14-8-9-18(17(14)12-20(19)28-2)23-22(26)15-11-21(25)24(13-15)16-6-4-3-5-7-16/h3-7,10,12,15,18H,8-9,11,13H2,1-2H3,(H,23,26)/t15-,18-/m0/s1. The Bertz CT molecular complexity index is 897. The minimum atomic E-state index is -0.336. The summed E-state index contributed by atoms with van der Waals surface area (Å²) in [6, 6.07) is 13.4. The first-order valence-electron chi connectivity index (χ1n) is 9.51. The average Bonchev–Trinajstić information content (AvgIpc) is 3.30. The molecule has 0 spiro atoms. The highest BCUT2D eigenvalue weighted by Gasteiger charge is 2.36. The molecule has 6 nitrogen and oxygen atoms in total. The van der Waals surface area contributed by atoms with Crippen molar-refractivity contribution in [3.63, 3.8) is 0 Å². The van der Waals surface area contributed by atoms with E-state index in [9.17, 15) is 9.59 Å². The maximum Gasteiger partial charge on any atom is 0.227 e. The molecule has 0 aromatic heterocycles. The summed E-state index contributed by atoms with van der Waals surface area (Å²) in [6.45, 7) is 0.417. The summed E-state index contributed by atoms with van der Waals surface area (Å²) in [6.07, 6.45) is 1.95. The van der Waals surface area contributed by atoms with Gasteiger partial charge in [-0.2, -0.15) is 0 Å². The molecule has 2 aromatic carbocycles. The van der Waals surface area contributed by atoms with E-state index in [1.807, 2.05) is 42.5 Å². The third-order valence-corrected chi connectivity index (χ3v) is 5.60. The van der Waals surface area contributed by atoms with Gasteiger partial charge in [0.25, 0.3) is 0 Å². The number of hydrogen-bond donors (Lipinski definition) is 1. The molecule has 28 heavy (non-hydrogen) atoms. The second-order valence-electron chi connectivity index (χ2n) is 7.25. The number of carbonyl (C=O) groups excluding carboxylic acids is 2.